The van der Waals surface area contributed by atoms with Gasteiger partial charge in [-0.25, -0.2) is 4.79 Å². The molecule has 6 nitrogen and oxygen atoms in total. The summed E-state index contributed by atoms with van der Waals surface area (Å²) in [5.41, 5.74) is -1.31. The first-order valence-electron chi connectivity index (χ1n) is 7.48. The van der Waals surface area contributed by atoms with Crippen LogP contribution in [-0.4, -0.2) is 35.8 Å². The highest BCUT2D eigenvalue weighted by Crippen LogP contribution is 2.40. The molecule has 1 heterocycles. The molecular weight excluding hydrogens is 393 g/mol. The van der Waals surface area contributed by atoms with Crippen LogP contribution in [0.25, 0.3) is 0 Å². The number of rotatable bonds is 5. The number of aromatic carboxylic acids is 1. The van der Waals surface area contributed by atoms with E-state index in [1.807, 2.05) is 0 Å². The van der Waals surface area contributed by atoms with Gasteiger partial charge in [0.15, 0.2) is 0 Å². The number of hydrogen-bond donors (Lipinski definition) is 2. The highest BCUT2D eigenvalue weighted by atomic mass is 35.5. The van der Waals surface area contributed by atoms with Crippen LogP contribution in [0.2, 0.25) is 5.02 Å². The predicted octanol–water partition coefficient (Wildman–Crippen LogP) is 3.95. The number of hydrogen-bond acceptors (Lipinski definition) is 5. The van der Waals surface area contributed by atoms with Crippen LogP contribution in [0.15, 0.2) is 36.4 Å². The summed E-state index contributed by atoms with van der Waals surface area (Å²) in [6.45, 7) is -0.100. The third-order valence-corrected chi connectivity index (χ3v) is 4.06. The Morgan fingerprint density at radius 1 is 1.15 bits per heavy atom. The van der Waals surface area contributed by atoms with Crippen molar-refractivity contribution >= 4 is 17.6 Å². The second-order valence-electron chi connectivity index (χ2n) is 5.78. The van der Waals surface area contributed by atoms with E-state index in [2.05, 4.69) is 4.74 Å². The molecule has 27 heavy (non-hydrogen) atoms. The fourth-order valence-corrected chi connectivity index (χ4v) is 2.66. The quantitative estimate of drug-likeness (QED) is 0.785. The molecule has 0 saturated carbocycles. The van der Waals surface area contributed by atoms with Gasteiger partial charge in [0.2, 0.25) is 0 Å². The van der Waals surface area contributed by atoms with Crippen LogP contribution in [0.1, 0.15) is 15.9 Å². The Labute approximate surface area is 155 Å². The van der Waals surface area contributed by atoms with E-state index in [9.17, 15) is 23.1 Å². The zero-order valence-electron chi connectivity index (χ0n) is 13.4. The number of halogens is 4. The summed E-state index contributed by atoms with van der Waals surface area (Å²) >= 11 is 5.78. The Bertz CT molecular complexity index is 879. The molecule has 0 spiro atoms. The Morgan fingerprint density at radius 3 is 2.33 bits per heavy atom. The van der Waals surface area contributed by atoms with Crippen LogP contribution < -0.4 is 9.47 Å². The summed E-state index contributed by atoms with van der Waals surface area (Å²) < 4.78 is 51.3. The van der Waals surface area contributed by atoms with Crippen LogP contribution in [0.4, 0.5) is 13.2 Å². The largest absolute Gasteiger partial charge is 0.573 e. The number of carbonyl (C=O) groups is 1. The van der Waals surface area contributed by atoms with E-state index < -0.39 is 23.7 Å². The lowest BCUT2D eigenvalue weighted by molar-refractivity contribution is -0.274. The molecule has 0 amide bonds. The van der Waals surface area contributed by atoms with Gasteiger partial charge in [0, 0.05) is 11.6 Å². The molecule has 1 aliphatic heterocycles. The van der Waals surface area contributed by atoms with E-state index >= 15 is 0 Å². The summed E-state index contributed by atoms with van der Waals surface area (Å²) in [6.07, 6.45) is -4.89. The zero-order valence-corrected chi connectivity index (χ0v) is 14.2. The Balaban J connectivity index is 1.91. The Kier molecular flexibility index (Phi) is 4.94. The minimum atomic E-state index is -4.89. The Hall–Kier alpha value is -2.49. The third-order valence-electron chi connectivity index (χ3n) is 3.77. The maximum absolute atomic E-state index is 12.3. The SMILES string of the molecule is O=C(O)c1ccc(Oc2ccc(OC(F)(F)F)c(Cl)c2)c(C2(O)COC2)c1. The molecule has 0 unspecified atom stereocenters. The molecule has 10 heteroatoms. The molecule has 2 aromatic carbocycles. The molecule has 0 aromatic heterocycles. The van der Waals surface area contributed by atoms with E-state index in [4.69, 9.17) is 26.2 Å². The first kappa shape index (κ1) is 19.3. The van der Waals surface area contributed by atoms with Gasteiger partial charge in [-0.2, -0.15) is 0 Å². The maximum Gasteiger partial charge on any atom is 0.573 e. The highest BCUT2D eigenvalue weighted by Gasteiger charge is 2.41. The van der Waals surface area contributed by atoms with E-state index in [0.717, 1.165) is 12.1 Å². The van der Waals surface area contributed by atoms with Gasteiger partial charge in [-0.15, -0.1) is 13.2 Å². The van der Waals surface area contributed by atoms with Crippen molar-refractivity contribution in [2.24, 2.45) is 0 Å². The van der Waals surface area contributed by atoms with Crippen molar-refractivity contribution in [3.05, 3.63) is 52.5 Å². The average Bonchev–Trinajstić information content (AvgIpc) is 2.54. The normalized spacial score (nSPS) is 15.7. The monoisotopic (exact) mass is 404 g/mol. The van der Waals surface area contributed by atoms with E-state index in [1.165, 1.54) is 24.3 Å². The van der Waals surface area contributed by atoms with Crippen LogP contribution in [-0.2, 0) is 10.3 Å². The lowest BCUT2D eigenvalue weighted by Crippen LogP contribution is -2.46. The smallest absolute Gasteiger partial charge is 0.478 e. The first-order valence-corrected chi connectivity index (χ1v) is 7.86. The maximum atomic E-state index is 12.3. The number of alkyl halides is 3. The summed E-state index contributed by atoms with van der Waals surface area (Å²) in [4.78, 5) is 11.2. The molecule has 2 aromatic rings. The molecular formula is C17H12ClF3O6. The van der Waals surface area contributed by atoms with E-state index in [0.29, 0.717) is 0 Å². The zero-order chi connectivity index (χ0) is 19.8. The predicted molar refractivity (Wildman–Crippen MR) is 86.3 cm³/mol. The van der Waals surface area contributed by atoms with Gasteiger partial charge >= 0.3 is 12.3 Å². The molecule has 1 fully saturated rings. The summed E-state index contributed by atoms with van der Waals surface area (Å²) in [5.74, 6) is -1.60. The lowest BCUT2D eigenvalue weighted by Gasteiger charge is -2.37. The molecule has 1 saturated heterocycles. The fourth-order valence-electron chi connectivity index (χ4n) is 2.45. The minimum absolute atomic E-state index is 0.0501. The topological polar surface area (TPSA) is 85.2 Å². The van der Waals surface area contributed by atoms with Crippen molar-refractivity contribution in [3.8, 4) is 17.2 Å². The van der Waals surface area contributed by atoms with E-state index in [-0.39, 0.29) is 40.9 Å². The standard InChI is InChI=1S/C17H12ClF3O6/c18-12-6-10(2-4-14(12)27-17(19,20)21)26-13-3-1-9(15(22)23)5-11(13)16(24)7-25-8-16/h1-6,24H,7-8H2,(H,22,23). The van der Waals surface area contributed by atoms with Gasteiger partial charge in [0.1, 0.15) is 22.8 Å². The summed E-state index contributed by atoms with van der Waals surface area (Å²) in [6, 6.07) is 7.15. The second kappa shape index (κ2) is 6.91. The van der Waals surface area contributed by atoms with Crippen LogP contribution in [0.5, 0.6) is 17.2 Å². The van der Waals surface area contributed by atoms with Crippen molar-refractivity contribution in [1.29, 1.82) is 0 Å². The van der Waals surface area contributed by atoms with Gasteiger partial charge in [0.05, 0.1) is 23.8 Å². The molecule has 0 radical (unpaired) electrons. The number of ether oxygens (including phenoxy) is 3. The number of carboxylic acid groups (broad SMARTS) is 1. The van der Waals surface area contributed by atoms with Gasteiger partial charge < -0.3 is 24.4 Å². The van der Waals surface area contributed by atoms with Crippen molar-refractivity contribution in [3.63, 3.8) is 0 Å². The van der Waals surface area contributed by atoms with Crippen molar-refractivity contribution < 1.29 is 42.4 Å². The molecule has 0 bridgehead atoms. The van der Waals surface area contributed by atoms with Crippen LogP contribution in [0, 0.1) is 0 Å². The number of benzene rings is 2. The van der Waals surface area contributed by atoms with Crippen molar-refractivity contribution in [2.75, 3.05) is 13.2 Å². The first-order chi connectivity index (χ1) is 12.6. The van der Waals surface area contributed by atoms with Gasteiger partial charge in [0.25, 0.3) is 0 Å². The van der Waals surface area contributed by atoms with Gasteiger partial charge in [-0.05, 0) is 30.3 Å². The molecule has 0 atom stereocenters. The molecule has 2 N–H and O–H groups in total. The van der Waals surface area contributed by atoms with Crippen molar-refractivity contribution in [1.82, 2.24) is 0 Å². The average molecular weight is 405 g/mol. The molecule has 144 valence electrons. The van der Waals surface area contributed by atoms with Gasteiger partial charge in [-0.1, -0.05) is 11.6 Å². The van der Waals surface area contributed by atoms with Crippen molar-refractivity contribution in [2.45, 2.75) is 12.0 Å². The minimum Gasteiger partial charge on any atom is -0.478 e. The van der Waals surface area contributed by atoms with Crippen LogP contribution >= 0.6 is 11.6 Å². The van der Waals surface area contributed by atoms with E-state index in [1.54, 1.807) is 0 Å². The highest BCUT2D eigenvalue weighted by molar-refractivity contribution is 6.32. The molecule has 3 rings (SSSR count). The fraction of sp³-hybridized carbons (Fsp3) is 0.235. The number of aliphatic hydroxyl groups is 1. The summed E-state index contributed by atoms with van der Waals surface area (Å²) in [5, 5.41) is 19.3. The lowest BCUT2D eigenvalue weighted by atomic mass is 9.90. The van der Waals surface area contributed by atoms with Gasteiger partial charge in [-0.3, -0.25) is 0 Å². The Morgan fingerprint density at radius 2 is 1.81 bits per heavy atom. The van der Waals surface area contributed by atoms with Crippen LogP contribution in [0.3, 0.4) is 0 Å². The summed E-state index contributed by atoms with van der Waals surface area (Å²) in [7, 11) is 0. The second-order valence-corrected chi connectivity index (χ2v) is 6.19. The third kappa shape index (κ3) is 4.26. The number of carboxylic acids is 1. The molecule has 0 aliphatic carbocycles. The molecule has 1 aliphatic rings.